The fourth-order valence-electron chi connectivity index (χ4n) is 2.03. The smallest absolute Gasteiger partial charge is 0.237 e. The quantitative estimate of drug-likeness (QED) is 0.865. The number of aromatic nitrogens is 2. The summed E-state index contributed by atoms with van der Waals surface area (Å²) in [6.45, 7) is 12.3. The van der Waals surface area contributed by atoms with E-state index in [9.17, 15) is 4.79 Å². The van der Waals surface area contributed by atoms with Crippen LogP contribution in [0.3, 0.4) is 0 Å². The zero-order chi connectivity index (χ0) is 16.4. The molecule has 0 aliphatic carbocycles. The minimum absolute atomic E-state index is 0.114. The molecule has 3 N–H and O–H groups in total. The molecule has 0 saturated carbocycles. The van der Waals surface area contributed by atoms with Gasteiger partial charge in [0.15, 0.2) is 0 Å². The minimum Gasteiger partial charge on any atom is -0.373 e. The lowest BCUT2D eigenvalue weighted by Crippen LogP contribution is -2.40. The van der Waals surface area contributed by atoms with Crippen molar-refractivity contribution in [2.45, 2.75) is 53.0 Å². The Morgan fingerprint density at radius 2 is 1.90 bits per heavy atom. The van der Waals surface area contributed by atoms with E-state index in [2.05, 4.69) is 31.1 Å². The molecule has 6 heteroatoms. The van der Waals surface area contributed by atoms with Crippen LogP contribution in [0.2, 0.25) is 0 Å². The Morgan fingerprint density at radius 3 is 2.29 bits per heavy atom. The molecule has 0 saturated heterocycles. The third kappa shape index (κ3) is 4.06. The molecule has 1 heterocycles. The number of primary amides is 1. The number of carbonyl (C=O) groups excluding carboxylic acids is 1. The maximum Gasteiger partial charge on any atom is 0.237 e. The Hall–Kier alpha value is -1.85. The maximum absolute atomic E-state index is 11.4. The van der Waals surface area contributed by atoms with Gasteiger partial charge in [0.05, 0.1) is 6.54 Å². The third-order valence-corrected chi connectivity index (χ3v) is 3.25. The van der Waals surface area contributed by atoms with Crippen LogP contribution in [0.4, 0.5) is 11.6 Å². The van der Waals surface area contributed by atoms with Gasteiger partial charge in [0.1, 0.15) is 17.5 Å². The molecule has 1 aromatic rings. The average molecular weight is 293 g/mol. The van der Waals surface area contributed by atoms with Crippen molar-refractivity contribution < 1.29 is 4.79 Å². The van der Waals surface area contributed by atoms with Gasteiger partial charge in [-0.2, -0.15) is 0 Å². The van der Waals surface area contributed by atoms with Crippen LogP contribution in [0, 0.1) is 6.92 Å². The van der Waals surface area contributed by atoms with E-state index >= 15 is 0 Å². The molecule has 0 aliphatic rings. The topological polar surface area (TPSA) is 84.1 Å². The summed E-state index contributed by atoms with van der Waals surface area (Å²) in [5.74, 6) is 1.90. The summed E-state index contributed by atoms with van der Waals surface area (Å²) in [5, 5.41) is 3.10. The van der Waals surface area contributed by atoms with E-state index in [1.165, 1.54) is 0 Å². The SMILES string of the molecule is CNc1nc(C(C)(C)C)nc(N(CC(N)=O)C(C)C)c1C. The van der Waals surface area contributed by atoms with Crippen LogP contribution >= 0.6 is 0 Å². The second-order valence-corrected chi connectivity index (χ2v) is 6.53. The number of hydrogen-bond donors (Lipinski definition) is 2. The van der Waals surface area contributed by atoms with E-state index in [1.807, 2.05) is 32.7 Å². The monoisotopic (exact) mass is 293 g/mol. The number of anilines is 2. The second kappa shape index (κ2) is 6.28. The first-order valence-electron chi connectivity index (χ1n) is 7.19. The Balaban J connectivity index is 3.47. The highest BCUT2D eigenvalue weighted by Gasteiger charge is 2.24. The van der Waals surface area contributed by atoms with Crippen molar-refractivity contribution in [2.75, 3.05) is 23.8 Å². The van der Waals surface area contributed by atoms with Crippen molar-refractivity contribution in [3.8, 4) is 0 Å². The molecule has 1 rings (SSSR count). The minimum atomic E-state index is -0.370. The van der Waals surface area contributed by atoms with Crippen molar-refractivity contribution in [1.82, 2.24) is 9.97 Å². The van der Waals surface area contributed by atoms with Crippen molar-refractivity contribution in [3.05, 3.63) is 11.4 Å². The lowest BCUT2D eigenvalue weighted by atomic mass is 9.95. The first-order chi connectivity index (χ1) is 9.57. The number of hydrogen-bond acceptors (Lipinski definition) is 5. The van der Waals surface area contributed by atoms with E-state index < -0.39 is 0 Å². The molecule has 0 fully saturated rings. The van der Waals surface area contributed by atoms with Gasteiger partial charge in [-0.05, 0) is 20.8 Å². The average Bonchev–Trinajstić information content (AvgIpc) is 2.34. The van der Waals surface area contributed by atoms with Gasteiger partial charge < -0.3 is 16.0 Å². The van der Waals surface area contributed by atoms with Gasteiger partial charge in [-0.3, -0.25) is 4.79 Å². The summed E-state index contributed by atoms with van der Waals surface area (Å²) in [4.78, 5) is 22.5. The summed E-state index contributed by atoms with van der Waals surface area (Å²) < 4.78 is 0. The number of carbonyl (C=O) groups is 1. The molecule has 21 heavy (non-hydrogen) atoms. The number of nitrogens with one attached hydrogen (secondary N) is 1. The standard InChI is InChI=1S/C15H27N5O/c1-9(2)20(8-11(16)21)13-10(3)12(17-7)18-14(19-13)15(4,5)6/h9H,8H2,1-7H3,(H2,16,21)(H,17,18,19). The Morgan fingerprint density at radius 1 is 1.33 bits per heavy atom. The number of amides is 1. The Bertz CT molecular complexity index is 520. The summed E-state index contributed by atoms with van der Waals surface area (Å²) in [6.07, 6.45) is 0. The van der Waals surface area contributed by atoms with E-state index in [0.29, 0.717) is 0 Å². The van der Waals surface area contributed by atoms with Gasteiger partial charge in [0.25, 0.3) is 0 Å². The summed E-state index contributed by atoms with van der Waals surface area (Å²) >= 11 is 0. The second-order valence-electron chi connectivity index (χ2n) is 6.53. The zero-order valence-electron chi connectivity index (χ0n) is 14.1. The number of nitrogens with two attached hydrogens (primary N) is 1. The van der Waals surface area contributed by atoms with Crippen LogP contribution in [-0.4, -0.2) is 35.5 Å². The molecule has 1 aromatic heterocycles. The Kier molecular flexibility index (Phi) is 5.15. The highest BCUT2D eigenvalue weighted by atomic mass is 16.1. The number of rotatable bonds is 5. The lowest BCUT2D eigenvalue weighted by Gasteiger charge is -2.30. The molecule has 6 nitrogen and oxygen atoms in total. The fourth-order valence-corrected chi connectivity index (χ4v) is 2.03. The van der Waals surface area contributed by atoms with Crippen LogP contribution in [0.15, 0.2) is 0 Å². The summed E-state index contributed by atoms with van der Waals surface area (Å²) in [5.41, 5.74) is 6.11. The van der Waals surface area contributed by atoms with E-state index in [1.54, 1.807) is 0 Å². The largest absolute Gasteiger partial charge is 0.373 e. The molecule has 0 spiro atoms. The van der Waals surface area contributed by atoms with Crippen LogP contribution < -0.4 is 16.0 Å². The van der Waals surface area contributed by atoms with Gasteiger partial charge in [-0.1, -0.05) is 20.8 Å². The molecule has 0 unspecified atom stereocenters. The van der Waals surface area contributed by atoms with E-state index in [0.717, 1.165) is 23.0 Å². The molecule has 0 aromatic carbocycles. The third-order valence-electron chi connectivity index (χ3n) is 3.25. The first kappa shape index (κ1) is 17.2. The van der Waals surface area contributed by atoms with Crippen molar-refractivity contribution in [3.63, 3.8) is 0 Å². The normalized spacial score (nSPS) is 11.6. The van der Waals surface area contributed by atoms with Gasteiger partial charge >= 0.3 is 0 Å². The van der Waals surface area contributed by atoms with Gasteiger partial charge in [0, 0.05) is 24.1 Å². The van der Waals surface area contributed by atoms with Crippen molar-refractivity contribution >= 4 is 17.5 Å². The summed E-state index contributed by atoms with van der Waals surface area (Å²) in [6, 6.07) is 0.114. The molecule has 118 valence electrons. The fraction of sp³-hybridized carbons (Fsp3) is 0.667. The lowest BCUT2D eigenvalue weighted by molar-refractivity contribution is -0.116. The maximum atomic E-state index is 11.4. The highest BCUT2D eigenvalue weighted by Crippen LogP contribution is 2.29. The molecular formula is C15H27N5O. The molecule has 0 bridgehead atoms. The molecule has 1 amide bonds. The molecule has 0 radical (unpaired) electrons. The zero-order valence-corrected chi connectivity index (χ0v) is 14.1. The first-order valence-corrected chi connectivity index (χ1v) is 7.19. The molecule has 0 aliphatic heterocycles. The van der Waals surface area contributed by atoms with Gasteiger partial charge in [-0.15, -0.1) is 0 Å². The molecular weight excluding hydrogens is 266 g/mol. The predicted octanol–water partition coefficient (Wildman–Crippen LogP) is 1.82. The van der Waals surface area contributed by atoms with Crippen LogP contribution in [0.25, 0.3) is 0 Å². The summed E-state index contributed by atoms with van der Waals surface area (Å²) in [7, 11) is 1.83. The number of nitrogens with zero attached hydrogens (tertiary/aromatic N) is 3. The van der Waals surface area contributed by atoms with Crippen LogP contribution in [0.5, 0.6) is 0 Å². The van der Waals surface area contributed by atoms with Crippen LogP contribution in [-0.2, 0) is 10.2 Å². The highest BCUT2D eigenvalue weighted by molar-refractivity contribution is 5.80. The molecule has 0 atom stereocenters. The predicted molar refractivity (Wildman–Crippen MR) is 86.7 cm³/mol. The van der Waals surface area contributed by atoms with Crippen molar-refractivity contribution in [1.29, 1.82) is 0 Å². The van der Waals surface area contributed by atoms with Gasteiger partial charge in [-0.25, -0.2) is 9.97 Å². The van der Waals surface area contributed by atoms with E-state index in [4.69, 9.17) is 10.7 Å². The van der Waals surface area contributed by atoms with Crippen molar-refractivity contribution in [2.24, 2.45) is 5.73 Å². The Labute approximate surface area is 127 Å². The van der Waals surface area contributed by atoms with Crippen LogP contribution in [0.1, 0.15) is 46.0 Å². The van der Waals surface area contributed by atoms with Gasteiger partial charge in [0.2, 0.25) is 5.91 Å². The van der Waals surface area contributed by atoms with E-state index in [-0.39, 0.29) is 23.9 Å².